The molecule has 0 aromatic heterocycles. The van der Waals surface area contributed by atoms with Crippen molar-refractivity contribution in [2.24, 2.45) is 4.99 Å². The molecule has 1 aliphatic rings. The zero-order chi connectivity index (χ0) is 17.4. The van der Waals surface area contributed by atoms with Crippen LogP contribution < -0.4 is 4.72 Å². The summed E-state index contributed by atoms with van der Waals surface area (Å²) in [5.41, 5.74) is -1.07. The number of aliphatic imine (C=N–C) groups is 1. The van der Waals surface area contributed by atoms with Gasteiger partial charge in [0.15, 0.2) is 10.9 Å². The number of rotatable bonds is 3. The lowest BCUT2D eigenvalue weighted by Crippen LogP contribution is -2.42. The van der Waals surface area contributed by atoms with Gasteiger partial charge in [-0.3, -0.25) is 9.79 Å². The summed E-state index contributed by atoms with van der Waals surface area (Å²) < 4.78 is 26.3. The number of amidine groups is 1. The number of carbonyl (C=O) groups excluding carboxylic acids is 1. The number of nitrogens with one attached hydrogen (secondary N) is 1. The average Bonchev–Trinajstić information content (AvgIpc) is 2.74. The van der Waals surface area contributed by atoms with E-state index in [0.29, 0.717) is 10.7 Å². The van der Waals surface area contributed by atoms with E-state index >= 15 is 0 Å². The molecule has 0 bridgehead atoms. The van der Waals surface area contributed by atoms with Gasteiger partial charge in [-0.2, -0.15) is 0 Å². The highest BCUT2D eigenvalue weighted by Crippen LogP contribution is 2.39. The maximum absolute atomic E-state index is 12.2. The van der Waals surface area contributed by atoms with Crippen molar-refractivity contribution in [1.29, 1.82) is 0 Å². The number of thioether (sulfide) groups is 1. The summed E-state index contributed by atoms with van der Waals surface area (Å²) in [7, 11) is -0.828. The molecule has 0 spiro atoms. The fourth-order valence-electron chi connectivity index (χ4n) is 2.21. The molecule has 0 radical (unpaired) electrons. The molecule has 1 fully saturated rings. The lowest BCUT2D eigenvalue weighted by Gasteiger charge is -2.31. The normalized spacial score (nSPS) is 22.4. The third-order valence-corrected chi connectivity index (χ3v) is 6.57. The minimum absolute atomic E-state index is 0. The van der Waals surface area contributed by atoms with E-state index in [1.165, 1.54) is 23.9 Å². The Morgan fingerprint density at radius 1 is 1.50 bits per heavy atom. The molecule has 7 nitrogen and oxygen atoms in total. The van der Waals surface area contributed by atoms with Crippen molar-refractivity contribution in [2.45, 2.75) is 17.5 Å². The maximum atomic E-state index is 12.2. The summed E-state index contributed by atoms with van der Waals surface area (Å²) in [4.78, 5) is 16.4. The molecule has 1 aromatic carbocycles. The Bertz CT molecular complexity index is 787. The molecule has 0 saturated carbocycles. The van der Waals surface area contributed by atoms with Gasteiger partial charge in [0.2, 0.25) is 5.91 Å². The third kappa shape index (κ3) is 3.88. The Kier molecular flexibility index (Phi) is 6.73. The van der Waals surface area contributed by atoms with Crippen molar-refractivity contribution >= 4 is 61.4 Å². The molecule has 11 heteroatoms. The molecule has 2 N–H and O–H groups in total. The second-order valence-electron chi connectivity index (χ2n) is 4.98. The van der Waals surface area contributed by atoms with Crippen LogP contribution in [0.5, 0.6) is 0 Å². The molecular weight excluding hydrogens is 442 g/mol. The van der Waals surface area contributed by atoms with Crippen molar-refractivity contribution in [3.8, 4) is 0 Å². The summed E-state index contributed by atoms with van der Waals surface area (Å²) in [5.74, 6) is -0.434. The lowest BCUT2D eigenvalue weighted by molar-refractivity contribution is -0.117. The number of nitrogens with zero attached hydrogens (tertiary/aromatic N) is 2. The van der Waals surface area contributed by atoms with E-state index in [4.69, 9.17) is 11.6 Å². The van der Waals surface area contributed by atoms with Gasteiger partial charge in [0.05, 0.1) is 10.8 Å². The Hall–Kier alpha value is -0.810. The van der Waals surface area contributed by atoms with Crippen LogP contribution in [0.15, 0.2) is 28.1 Å². The third-order valence-electron chi connectivity index (χ3n) is 3.40. The Balaban J connectivity index is 0.00000288. The Labute approximate surface area is 160 Å². The quantitative estimate of drug-likeness (QED) is 0.713. The number of carbonyl (C=O) groups is 1. The van der Waals surface area contributed by atoms with Gasteiger partial charge in [-0.05, 0) is 12.1 Å². The number of aliphatic hydroxyl groups is 1. The smallest absolute Gasteiger partial charge is 0.265 e. The van der Waals surface area contributed by atoms with Crippen LogP contribution in [0, 0.1) is 0 Å². The molecule has 1 saturated heterocycles. The molecule has 2 rings (SSSR count). The second-order valence-corrected chi connectivity index (χ2v) is 7.98. The summed E-state index contributed by atoms with van der Waals surface area (Å²) in [5, 5.41) is 11.5. The van der Waals surface area contributed by atoms with E-state index in [2.05, 4.69) is 4.99 Å². The summed E-state index contributed by atoms with van der Waals surface area (Å²) >= 11 is 7.31. The SMILES string of the molecule is Br.CN=C1SCC(O)(c2ccc(Cl)c(S(=O)(=O)NC(C)=O)c2)N1C. The van der Waals surface area contributed by atoms with Gasteiger partial charge < -0.3 is 10.0 Å². The van der Waals surface area contributed by atoms with Gasteiger partial charge in [0.25, 0.3) is 10.0 Å². The molecule has 134 valence electrons. The van der Waals surface area contributed by atoms with Crippen LogP contribution >= 0.6 is 40.3 Å². The van der Waals surface area contributed by atoms with Crippen molar-refractivity contribution in [3.05, 3.63) is 28.8 Å². The zero-order valence-electron chi connectivity index (χ0n) is 13.1. The molecule has 24 heavy (non-hydrogen) atoms. The monoisotopic (exact) mass is 457 g/mol. The fourth-order valence-corrected chi connectivity index (χ4v) is 4.89. The Morgan fingerprint density at radius 3 is 2.62 bits per heavy atom. The molecular formula is C13H17BrClN3O4S2. The molecule has 1 aliphatic heterocycles. The second kappa shape index (κ2) is 7.61. The van der Waals surface area contributed by atoms with E-state index in [-0.39, 0.29) is 32.7 Å². The largest absolute Gasteiger partial charge is 0.366 e. The summed E-state index contributed by atoms with van der Waals surface area (Å²) in [6.45, 7) is 1.09. The number of sulfonamides is 1. The number of hydrogen-bond acceptors (Lipinski definition) is 6. The van der Waals surface area contributed by atoms with Crippen LogP contribution in [0.3, 0.4) is 0 Å². The molecule has 0 aliphatic carbocycles. The number of hydrogen-bond donors (Lipinski definition) is 2. The molecule has 1 aromatic rings. The topological polar surface area (TPSA) is 99.1 Å². The van der Waals surface area contributed by atoms with Crippen LogP contribution in [0.2, 0.25) is 5.02 Å². The van der Waals surface area contributed by atoms with Gasteiger partial charge in [-0.1, -0.05) is 29.4 Å². The maximum Gasteiger partial charge on any atom is 0.265 e. The minimum Gasteiger partial charge on any atom is -0.366 e. The fraction of sp³-hybridized carbons (Fsp3) is 0.385. The predicted molar refractivity (Wildman–Crippen MR) is 100 cm³/mol. The highest BCUT2D eigenvalue weighted by atomic mass is 79.9. The number of benzene rings is 1. The Morgan fingerprint density at radius 2 is 2.12 bits per heavy atom. The molecule has 1 atom stereocenters. The first kappa shape index (κ1) is 21.2. The van der Waals surface area contributed by atoms with E-state index < -0.39 is 21.7 Å². The summed E-state index contributed by atoms with van der Waals surface area (Å²) in [6, 6.07) is 4.19. The average molecular weight is 459 g/mol. The van der Waals surface area contributed by atoms with Gasteiger partial charge in [0, 0.05) is 26.6 Å². The summed E-state index contributed by atoms with van der Waals surface area (Å²) in [6.07, 6.45) is 0. The van der Waals surface area contributed by atoms with Gasteiger partial charge in [-0.25, -0.2) is 13.1 Å². The van der Waals surface area contributed by atoms with Crippen molar-refractivity contribution in [2.75, 3.05) is 19.8 Å². The van der Waals surface area contributed by atoms with Crippen LogP contribution in [0.25, 0.3) is 0 Å². The van der Waals surface area contributed by atoms with E-state index in [9.17, 15) is 18.3 Å². The van der Waals surface area contributed by atoms with E-state index in [1.807, 2.05) is 4.72 Å². The van der Waals surface area contributed by atoms with E-state index in [1.54, 1.807) is 25.1 Å². The molecule has 1 amide bonds. The lowest BCUT2D eigenvalue weighted by atomic mass is 10.0. The van der Waals surface area contributed by atoms with Crippen molar-refractivity contribution in [3.63, 3.8) is 0 Å². The first-order chi connectivity index (χ1) is 10.6. The van der Waals surface area contributed by atoms with Crippen LogP contribution in [-0.4, -0.2) is 49.3 Å². The van der Waals surface area contributed by atoms with E-state index in [0.717, 1.165) is 6.92 Å². The van der Waals surface area contributed by atoms with Crippen LogP contribution in [0.4, 0.5) is 0 Å². The highest BCUT2D eigenvalue weighted by molar-refractivity contribution is 8.93. The number of amides is 1. The minimum atomic E-state index is -4.10. The molecule has 1 heterocycles. The van der Waals surface area contributed by atoms with Gasteiger partial charge >= 0.3 is 0 Å². The van der Waals surface area contributed by atoms with Gasteiger partial charge in [-0.15, -0.1) is 17.0 Å². The number of halogens is 2. The molecule has 1 unspecified atom stereocenters. The first-order valence-corrected chi connectivity index (χ1v) is 9.35. The highest BCUT2D eigenvalue weighted by Gasteiger charge is 2.43. The van der Waals surface area contributed by atoms with Gasteiger partial charge in [0.1, 0.15) is 4.90 Å². The van der Waals surface area contributed by atoms with Crippen LogP contribution in [-0.2, 0) is 20.5 Å². The van der Waals surface area contributed by atoms with Crippen molar-refractivity contribution < 1.29 is 18.3 Å². The van der Waals surface area contributed by atoms with Crippen molar-refractivity contribution in [1.82, 2.24) is 9.62 Å². The predicted octanol–water partition coefficient (Wildman–Crippen LogP) is 1.55. The zero-order valence-corrected chi connectivity index (χ0v) is 17.2. The van der Waals surface area contributed by atoms with Crippen LogP contribution in [0.1, 0.15) is 12.5 Å². The standard InChI is InChI=1S/C13H16ClN3O4S2.BrH/c1-8(18)16-23(20,21)11-6-9(4-5-10(11)14)13(19)7-22-12(15-2)17(13)3;/h4-6,19H,7H2,1-3H3,(H,16,18);1H. The first-order valence-electron chi connectivity index (χ1n) is 6.51.